The van der Waals surface area contributed by atoms with E-state index in [1.54, 1.807) is 0 Å². The van der Waals surface area contributed by atoms with Crippen LogP contribution < -0.4 is 0 Å². The molecule has 1 amide bonds. The highest BCUT2D eigenvalue weighted by atomic mass is 16.5. The first-order chi connectivity index (χ1) is 16.7. The number of carbonyl (C=O) groups is 1. The van der Waals surface area contributed by atoms with Crippen molar-refractivity contribution < 1.29 is 19.4 Å². The van der Waals surface area contributed by atoms with Gasteiger partial charge in [0.25, 0.3) is 5.91 Å². The highest BCUT2D eigenvalue weighted by Crippen LogP contribution is 2.13. The molecule has 2 heterocycles. The normalized spacial score (nSPS) is 20.7. The van der Waals surface area contributed by atoms with Crippen LogP contribution in [0.4, 0.5) is 0 Å². The third-order valence-electron chi connectivity index (χ3n) is 6.53. The SMILES string of the molecule is O=C(c1ccccc1)N(CCN1CCOCC1)C[C@@H]1CN(C[C@H](O)Cc2ccccc2)CCO1. The van der Waals surface area contributed by atoms with Gasteiger partial charge in [-0.1, -0.05) is 48.5 Å². The van der Waals surface area contributed by atoms with Gasteiger partial charge in [-0.3, -0.25) is 14.6 Å². The van der Waals surface area contributed by atoms with E-state index in [-0.39, 0.29) is 12.0 Å². The van der Waals surface area contributed by atoms with Crippen LogP contribution in [0.2, 0.25) is 0 Å². The minimum absolute atomic E-state index is 0.0405. The van der Waals surface area contributed by atoms with Gasteiger partial charge < -0.3 is 19.5 Å². The summed E-state index contributed by atoms with van der Waals surface area (Å²) in [6.07, 6.45) is 0.139. The Morgan fingerprint density at radius 1 is 0.971 bits per heavy atom. The molecule has 7 nitrogen and oxygen atoms in total. The lowest BCUT2D eigenvalue weighted by atomic mass is 10.1. The summed E-state index contributed by atoms with van der Waals surface area (Å²) >= 11 is 0. The highest BCUT2D eigenvalue weighted by molar-refractivity contribution is 5.94. The molecule has 2 aromatic carbocycles. The van der Waals surface area contributed by atoms with Crippen molar-refractivity contribution in [1.82, 2.24) is 14.7 Å². The number of morpholine rings is 2. The van der Waals surface area contributed by atoms with Crippen molar-refractivity contribution in [3.05, 3.63) is 71.8 Å². The number of benzene rings is 2. The summed E-state index contributed by atoms with van der Waals surface area (Å²) in [6, 6.07) is 19.6. The van der Waals surface area contributed by atoms with Crippen molar-refractivity contribution in [3.8, 4) is 0 Å². The average Bonchev–Trinajstić information content (AvgIpc) is 2.88. The number of hydrogen-bond acceptors (Lipinski definition) is 6. The second-order valence-corrected chi connectivity index (χ2v) is 9.17. The first-order valence-electron chi connectivity index (χ1n) is 12.4. The molecule has 0 bridgehead atoms. The molecule has 184 valence electrons. The lowest BCUT2D eigenvalue weighted by Gasteiger charge is -2.37. The predicted molar refractivity (Wildman–Crippen MR) is 132 cm³/mol. The van der Waals surface area contributed by atoms with Crippen LogP contribution >= 0.6 is 0 Å². The molecular weight excluding hydrogens is 430 g/mol. The predicted octanol–water partition coefficient (Wildman–Crippen LogP) is 1.77. The number of nitrogens with zero attached hydrogens (tertiary/aromatic N) is 3. The Balaban J connectivity index is 1.33. The minimum atomic E-state index is -0.426. The van der Waals surface area contributed by atoms with E-state index in [2.05, 4.69) is 9.80 Å². The van der Waals surface area contributed by atoms with Gasteiger partial charge in [0.1, 0.15) is 0 Å². The van der Waals surface area contributed by atoms with Gasteiger partial charge in [0.2, 0.25) is 0 Å². The molecule has 2 aliphatic heterocycles. The molecule has 0 aliphatic carbocycles. The van der Waals surface area contributed by atoms with E-state index in [0.29, 0.717) is 44.8 Å². The molecule has 1 N–H and O–H groups in total. The van der Waals surface area contributed by atoms with Crippen molar-refractivity contribution in [2.75, 3.05) is 72.2 Å². The van der Waals surface area contributed by atoms with Gasteiger partial charge in [-0.2, -0.15) is 0 Å². The highest BCUT2D eigenvalue weighted by Gasteiger charge is 2.27. The molecule has 0 saturated carbocycles. The average molecular weight is 468 g/mol. The minimum Gasteiger partial charge on any atom is -0.391 e. The fraction of sp³-hybridized carbons (Fsp3) is 0.519. The maximum absolute atomic E-state index is 13.3. The lowest BCUT2D eigenvalue weighted by molar-refractivity contribution is -0.0513. The maximum Gasteiger partial charge on any atom is 0.253 e. The molecule has 0 unspecified atom stereocenters. The van der Waals surface area contributed by atoms with Gasteiger partial charge in [0.15, 0.2) is 0 Å². The smallest absolute Gasteiger partial charge is 0.253 e. The molecule has 4 rings (SSSR count). The second kappa shape index (κ2) is 13.0. The van der Waals surface area contributed by atoms with E-state index < -0.39 is 6.10 Å². The van der Waals surface area contributed by atoms with E-state index in [1.807, 2.05) is 65.6 Å². The zero-order chi connectivity index (χ0) is 23.6. The van der Waals surface area contributed by atoms with Gasteiger partial charge in [-0.25, -0.2) is 0 Å². The number of carbonyl (C=O) groups excluding carboxylic acids is 1. The van der Waals surface area contributed by atoms with Crippen LogP contribution in [0.1, 0.15) is 15.9 Å². The molecule has 2 atom stereocenters. The Bertz CT molecular complexity index is 861. The number of ether oxygens (including phenoxy) is 2. The summed E-state index contributed by atoms with van der Waals surface area (Å²) in [6.45, 7) is 8.05. The van der Waals surface area contributed by atoms with Crippen LogP contribution in [-0.2, 0) is 15.9 Å². The molecule has 2 aliphatic rings. The van der Waals surface area contributed by atoms with Crippen molar-refractivity contribution in [2.24, 2.45) is 0 Å². The van der Waals surface area contributed by atoms with Gasteiger partial charge >= 0.3 is 0 Å². The lowest BCUT2D eigenvalue weighted by Crippen LogP contribution is -2.51. The second-order valence-electron chi connectivity index (χ2n) is 9.17. The van der Waals surface area contributed by atoms with E-state index in [1.165, 1.54) is 0 Å². The zero-order valence-corrected chi connectivity index (χ0v) is 19.9. The first-order valence-corrected chi connectivity index (χ1v) is 12.4. The van der Waals surface area contributed by atoms with Gasteiger partial charge in [-0.15, -0.1) is 0 Å². The number of β-amino-alcohol motifs (C(OH)–C–C–N with tert-alkyl or cyclic N) is 1. The molecule has 2 aromatic rings. The van der Waals surface area contributed by atoms with Crippen molar-refractivity contribution in [3.63, 3.8) is 0 Å². The number of aliphatic hydroxyl groups excluding tert-OH is 1. The Hall–Kier alpha value is -2.29. The fourth-order valence-electron chi connectivity index (χ4n) is 4.68. The summed E-state index contributed by atoms with van der Waals surface area (Å²) in [5, 5.41) is 10.6. The van der Waals surface area contributed by atoms with E-state index in [4.69, 9.17) is 9.47 Å². The number of aliphatic hydroxyl groups is 1. The molecule has 7 heteroatoms. The monoisotopic (exact) mass is 467 g/mol. The van der Waals surface area contributed by atoms with E-state index >= 15 is 0 Å². The Morgan fingerprint density at radius 2 is 1.65 bits per heavy atom. The number of rotatable bonds is 10. The topological polar surface area (TPSA) is 65.5 Å². The maximum atomic E-state index is 13.3. The van der Waals surface area contributed by atoms with Crippen molar-refractivity contribution in [1.29, 1.82) is 0 Å². The van der Waals surface area contributed by atoms with Crippen molar-refractivity contribution >= 4 is 5.91 Å². The summed E-state index contributed by atoms with van der Waals surface area (Å²) in [4.78, 5) is 19.9. The standard InChI is InChI=1S/C27H37N3O4/c31-25(19-23-7-3-1-4-8-23)20-29-15-18-34-26(21-29)22-30(12-11-28-13-16-33-17-14-28)27(32)24-9-5-2-6-10-24/h1-10,25-26,31H,11-22H2/t25-,26+/m1/s1. The van der Waals surface area contributed by atoms with Crippen LogP contribution in [0, 0.1) is 0 Å². The van der Waals surface area contributed by atoms with Gasteiger partial charge in [-0.05, 0) is 24.1 Å². The number of hydrogen-bond donors (Lipinski definition) is 1. The summed E-state index contributed by atoms with van der Waals surface area (Å²) in [5.74, 6) is 0.0405. The Kier molecular flexibility index (Phi) is 9.47. The van der Waals surface area contributed by atoms with E-state index in [0.717, 1.165) is 45.0 Å². The molecule has 2 fully saturated rings. The molecule has 34 heavy (non-hydrogen) atoms. The van der Waals surface area contributed by atoms with Crippen LogP contribution in [0.3, 0.4) is 0 Å². The van der Waals surface area contributed by atoms with E-state index in [9.17, 15) is 9.90 Å². The third kappa shape index (κ3) is 7.61. The summed E-state index contributed by atoms with van der Waals surface area (Å²) in [5.41, 5.74) is 1.85. The van der Waals surface area contributed by atoms with Crippen LogP contribution in [0.25, 0.3) is 0 Å². The largest absolute Gasteiger partial charge is 0.391 e. The quantitative estimate of drug-likeness (QED) is 0.575. The molecular formula is C27H37N3O4. The Labute approximate surface area is 202 Å². The summed E-state index contributed by atoms with van der Waals surface area (Å²) < 4.78 is 11.5. The number of amides is 1. The molecule has 0 aromatic heterocycles. The molecule has 0 radical (unpaired) electrons. The Morgan fingerprint density at radius 3 is 2.38 bits per heavy atom. The molecule has 2 saturated heterocycles. The summed E-state index contributed by atoms with van der Waals surface area (Å²) in [7, 11) is 0. The zero-order valence-electron chi connectivity index (χ0n) is 19.9. The fourth-order valence-corrected chi connectivity index (χ4v) is 4.68. The van der Waals surface area contributed by atoms with Crippen molar-refractivity contribution in [2.45, 2.75) is 18.6 Å². The van der Waals surface area contributed by atoms with Crippen LogP contribution in [-0.4, -0.2) is 110 Å². The van der Waals surface area contributed by atoms with Gasteiger partial charge in [0.05, 0.1) is 32.0 Å². The van der Waals surface area contributed by atoms with Crippen LogP contribution in [0.15, 0.2) is 60.7 Å². The molecule has 0 spiro atoms. The third-order valence-corrected chi connectivity index (χ3v) is 6.53. The van der Waals surface area contributed by atoms with Crippen LogP contribution in [0.5, 0.6) is 0 Å². The van der Waals surface area contributed by atoms with Gasteiger partial charge in [0, 0.05) is 57.9 Å². The first kappa shape index (κ1) is 24.8.